The molecule has 1 unspecified atom stereocenters. The van der Waals surface area contributed by atoms with Gasteiger partial charge in [0.15, 0.2) is 5.96 Å². The van der Waals surface area contributed by atoms with Crippen LogP contribution in [-0.4, -0.2) is 38.0 Å². The maximum absolute atomic E-state index is 11.8. The van der Waals surface area contributed by atoms with Gasteiger partial charge < -0.3 is 20.4 Å². The second-order valence-electron chi connectivity index (χ2n) is 6.47. The Morgan fingerprint density at radius 2 is 2.04 bits per heavy atom. The Bertz CT molecular complexity index is 732. The number of nitrogens with one attached hydrogen (secondary N) is 3. The molecule has 3 N–H and O–H groups in total. The van der Waals surface area contributed by atoms with Gasteiger partial charge in [-0.1, -0.05) is 19.1 Å². The molecule has 2 aromatic rings. The van der Waals surface area contributed by atoms with Crippen molar-refractivity contribution in [3.05, 3.63) is 59.5 Å². The molecule has 0 aliphatic heterocycles. The first kappa shape index (κ1) is 24.0. The summed E-state index contributed by atoms with van der Waals surface area (Å²) in [6.07, 6.45) is 4.29. The summed E-state index contributed by atoms with van der Waals surface area (Å²) < 4.78 is 5.35. The maximum atomic E-state index is 11.8. The number of rotatable bonds is 9. The highest BCUT2D eigenvalue weighted by atomic mass is 127. The second-order valence-corrected chi connectivity index (χ2v) is 6.47. The third-order valence-electron chi connectivity index (χ3n) is 4.33. The number of carbonyl (C=O) groups excluding carboxylic acids is 1. The molecule has 28 heavy (non-hydrogen) atoms. The van der Waals surface area contributed by atoms with E-state index >= 15 is 0 Å². The molecule has 6 nitrogen and oxygen atoms in total. The molecular weight excluding hydrogens is 467 g/mol. The first-order valence-corrected chi connectivity index (χ1v) is 9.50. The molecule has 0 radical (unpaired) electrons. The topological polar surface area (TPSA) is 78.7 Å². The molecule has 0 spiro atoms. The molecular formula is C21H31IN4O2. The summed E-state index contributed by atoms with van der Waals surface area (Å²) in [4.78, 5) is 16.4. The van der Waals surface area contributed by atoms with Crippen LogP contribution in [0.25, 0.3) is 0 Å². The van der Waals surface area contributed by atoms with E-state index in [-0.39, 0.29) is 29.9 Å². The number of furan rings is 1. The number of hydrogen-bond acceptors (Lipinski definition) is 3. The lowest BCUT2D eigenvalue weighted by molar-refractivity contribution is 0.0963. The van der Waals surface area contributed by atoms with Crippen LogP contribution in [0, 0.1) is 0 Å². The Morgan fingerprint density at radius 3 is 2.71 bits per heavy atom. The van der Waals surface area contributed by atoms with Gasteiger partial charge in [0, 0.05) is 38.2 Å². The van der Waals surface area contributed by atoms with Gasteiger partial charge in [-0.3, -0.25) is 9.79 Å². The number of benzene rings is 1. The van der Waals surface area contributed by atoms with E-state index in [1.54, 1.807) is 13.3 Å². The van der Waals surface area contributed by atoms with Gasteiger partial charge in [0.1, 0.15) is 5.76 Å². The predicted molar refractivity (Wildman–Crippen MR) is 125 cm³/mol. The molecule has 1 heterocycles. The smallest absolute Gasteiger partial charge is 0.251 e. The van der Waals surface area contributed by atoms with E-state index in [4.69, 9.17) is 4.42 Å². The summed E-state index contributed by atoms with van der Waals surface area (Å²) in [7, 11) is 1.64. The molecule has 1 amide bonds. The zero-order chi connectivity index (χ0) is 19.5. The number of guanidine groups is 1. The third-order valence-corrected chi connectivity index (χ3v) is 4.33. The molecule has 0 bridgehead atoms. The van der Waals surface area contributed by atoms with Gasteiger partial charge in [-0.25, -0.2) is 0 Å². The fourth-order valence-corrected chi connectivity index (χ4v) is 2.56. The lowest BCUT2D eigenvalue weighted by atomic mass is 10.1. The highest BCUT2D eigenvalue weighted by molar-refractivity contribution is 14.0. The summed E-state index contributed by atoms with van der Waals surface area (Å²) in [5, 5.41) is 9.45. The van der Waals surface area contributed by atoms with Gasteiger partial charge in [-0.05, 0) is 49.6 Å². The van der Waals surface area contributed by atoms with Crippen molar-refractivity contribution in [2.24, 2.45) is 4.99 Å². The van der Waals surface area contributed by atoms with E-state index in [2.05, 4.69) is 34.8 Å². The van der Waals surface area contributed by atoms with Crippen LogP contribution in [0.2, 0.25) is 0 Å². The van der Waals surface area contributed by atoms with Crippen molar-refractivity contribution in [1.82, 2.24) is 16.0 Å². The molecule has 1 atom stereocenters. The predicted octanol–water partition coefficient (Wildman–Crippen LogP) is 3.38. The third kappa shape index (κ3) is 8.33. The van der Waals surface area contributed by atoms with Crippen molar-refractivity contribution >= 4 is 35.8 Å². The van der Waals surface area contributed by atoms with Gasteiger partial charge in [0.05, 0.1) is 6.26 Å². The Morgan fingerprint density at radius 1 is 1.21 bits per heavy atom. The Labute approximate surface area is 184 Å². The fourth-order valence-electron chi connectivity index (χ4n) is 2.56. The zero-order valence-electron chi connectivity index (χ0n) is 16.8. The van der Waals surface area contributed by atoms with E-state index in [9.17, 15) is 4.79 Å². The van der Waals surface area contributed by atoms with Crippen LogP contribution in [0.3, 0.4) is 0 Å². The summed E-state index contributed by atoms with van der Waals surface area (Å²) in [6, 6.07) is 11.9. The fraction of sp³-hybridized carbons (Fsp3) is 0.429. The van der Waals surface area contributed by atoms with E-state index in [1.807, 2.05) is 36.4 Å². The summed E-state index contributed by atoms with van der Waals surface area (Å²) in [5.74, 6) is 1.68. The molecule has 0 saturated carbocycles. The van der Waals surface area contributed by atoms with Crippen molar-refractivity contribution in [3.8, 4) is 0 Å². The highest BCUT2D eigenvalue weighted by Crippen LogP contribution is 2.06. The van der Waals surface area contributed by atoms with Gasteiger partial charge in [-0.15, -0.1) is 24.0 Å². The molecule has 2 rings (SSSR count). The second kappa shape index (κ2) is 13.2. The van der Waals surface area contributed by atoms with Gasteiger partial charge in [-0.2, -0.15) is 0 Å². The molecule has 0 fully saturated rings. The van der Waals surface area contributed by atoms with Gasteiger partial charge in [0.2, 0.25) is 0 Å². The number of aliphatic imine (C=N–C) groups is 1. The van der Waals surface area contributed by atoms with Gasteiger partial charge >= 0.3 is 0 Å². The molecule has 1 aromatic heterocycles. The maximum Gasteiger partial charge on any atom is 0.251 e. The average Bonchev–Trinajstić information content (AvgIpc) is 3.20. The lowest BCUT2D eigenvalue weighted by Gasteiger charge is -2.17. The van der Waals surface area contributed by atoms with Crippen molar-refractivity contribution in [1.29, 1.82) is 0 Å². The minimum Gasteiger partial charge on any atom is -0.469 e. The SMILES string of the molecule is CCC(C)NC(=NCCc1ccco1)NCCc1cccc(C(=O)NC)c1.I. The van der Waals surface area contributed by atoms with Crippen LogP contribution in [0.1, 0.15) is 41.9 Å². The van der Waals surface area contributed by atoms with E-state index in [1.165, 1.54) is 0 Å². The normalized spacial score (nSPS) is 12.0. The summed E-state index contributed by atoms with van der Waals surface area (Å²) >= 11 is 0. The number of halogens is 1. The summed E-state index contributed by atoms with van der Waals surface area (Å²) in [5.41, 5.74) is 1.79. The quantitative estimate of drug-likeness (QED) is 0.282. The number of hydrogen-bond donors (Lipinski definition) is 3. The zero-order valence-corrected chi connectivity index (χ0v) is 19.2. The van der Waals surface area contributed by atoms with Crippen LogP contribution in [0.4, 0.5) is 0 Å². The number of amides is 1. The monoisotopic (exact) mass is 498 g/mol. The van der Waals surface area contributed by atoms with Gasteiger partial charge in [0.25, 0.3) is 5.91 Å². The largest absolute Gasteiger partial charge is 0.469 e. The molecule has 0 aliphatic rings. The molecule has 0 saturated heterocycles. The van der Waals surface area contributed by atoms with Crippen molar-refractivity contribution in [2.75, 3.05) is 20.1 Å². The first-order chi connectivity index (χ1) is 13.1. The van der Waals surface area contributed by atoms with Crippen LogP contribution in [0.15, 0.2) is 52.1 Å². The minimum atomic E-state index is -0.0663. The molecule has 0 aliphatic carbocycles. The van der Waals surface area contributed by atoms with Crippen LogP contribution < -0.4 is 16.0 Å². The van der Waals surface area contributed by atoms with Crippen LogP contribution in [-0.2, 0) is 12.8 Å². The Balaban J connectivity index is 0.00000392. The standard InChI is InChI=1S/C21H30N4O2.HI/c1-4-16(2)25-21(24-13-11-19-9-6-14-27-19)23-12-10-17-7-5-8-18(15-17)20(26)22-3;/h5-9,14-16H,4,10-13H2,1-3H3,(H,22,26)(H2,23,24,25);1H. The minimum absolute atomic E-state index is 0. The number of nitrogens with zero attached hydrogens (tertiary/aromatic N) is 1. The molecule has 154 valence electrons. The van der Waals surface area contributed by atoms with E-state index in [0.717, 1.165) is 43.1 Å². The Hall–Kier alpha value is -2.03. The van der Waals surface area contributed by atoms with Crippen molar-refractivity contribution in [3.63, 3.8) is 0 Å². The Kier molecular flexibility index (Phi) is 11.3. The van der Waals surface area contributed by atoms with Crippen LogP contribution in [0.5, 0.6) is 0 Å². The van der Waals surface area contributed by atoms with Crippen molar-refractivity contribution in [2.45, 2.75) is 39.2 Å². The van der Waals surface area contributed by atoms with E-state index in [0.29, 0.717) is 18.2 Å². The van der Waals surface area contributed by atoms with Crippen molar-refractivity contribution < 1.29 is 9.21 Å². The molecule has 7 heteroatoms. The number of carbonyl (C=O) groups is 1. The molecule has 1 aromatic carbocycles. The first-order valence-electron chi connectivity index (χ1n) is 9.50. The average molecular weight is 498 g/mol. The van der Waals surface area contributed by atoms with Crippen LogP contribution >= 0.6 is 24.0 Å². The highest BCUT2D eigenvalue weighted by Gasteiger charge is 2.06. The lowest BCUT2D eigenvalue weighted by Crippen LogP contribution is -2.43. The summed E-state index contributed by atoms with van der Waals surface area (Å²) in [6.45, 7) is 5.67. The van der Waals surface area contributed by atoms with E-state index < -0.39 is 0 Å².